The van der Waals surface area contributed by atoms with E-state index in [1.54, 1.807) is 16.3 Å². The van der Waals surface area contributed by atoms with Gasteiger partial charge in [0.05, 0.1) is 10.3 Å². The van der Waals surface area contributed by atoms with Crippen LogP contribution in [0.15, 0.2) is 34.0 Å². The molecule has 1 aliphatic rings. The van der Waals surface area contributed by atoms with Gasteiger partial charge in [-0.2, -0.15) is 0 Å². The number of aryl methyl sites for hydroxylation is 2. The lowest BCUT2D eigenvalue weighted by atomic mass is 10.1. The number of nitrogens with zero attached hydrogens (tertiary/aromatic N) is 2. The van der Waals surface area contributed by atoms with E-state index in [0.717, 1.165) is 47.8 Å². The maximum Gasteiger partial charge on any atom is 0.266 e. The molecule has 0 fully saturated rings. The molecule has 0 bridgehead atoms. The van der Waals surface area contributed by atoms with E-state index < -0.39 is 0 Å². The molecule has 0 aliphatic carbocycles. The van der Waals surface area contributed by atoms with Gasteiger partial charge in [0.1, 0.15) is 10.7 Å². The van der Waals surface area contributed by atoms with E-state index in [1.165, 1.54) is 11.3 Å². The zero-order valence-electron chi connectivity index (χ0n) is 14.7. The highest BCUT2D eigenvalue weighted by Gasteiger charge is 2.22. The van der Waals surface area contributed by atoms with Crippen molar-refractivity contribution in [3.05, 3.63) is 50.9 Å². The highest BCUT2D eigenvalue weighted by molar-refractivity contribution is 7.98. The summed E-state index contributed by atoms with van der Waals surface area (Å²) in [5.41, 5.74) is 1.46. The topological polar surface area (TPSA) is 64.0 Å². The van der Waals surface area contributed by atoms with E-state index in [9.17, 15) is 9.59 Å². The first-order valence-electron chi connectivity index (χ1n) is 8.56. The maximum atomic E-state index is 12.9. The molecule has 0 unspecified atom stereocenters. The molecule has 26 heavy (non-hydrogen) atoms. The summed E-state index contributed by atoms with van der Waals surface area (Å²) in [5, 5.41) is 3.53. The van der Waals surface area contributed by atoms with Gasteiger partial charge in [-0.15, -0.1) is 23.1 Å². The molecule has 0 atom stereocenters. The van der Waals surface area contributed by atoms with Crippen molar-refractivity contribution < 1.29 is 4.79 Å². The van der Waals surface area contributed by atoms with Gasteiger partial charge in [-0.1, -0.05) is 6.07 Å². The SMILES string of the molecule is CSc1cccc(NC(=O)c2sc3nc4n(c(=O)c3c2C)CCCC4)c1. The molecule has 1 amide bonds. The largest absolute Gasteiger partial charge is 0.321 e. The molecule has 5 nitrogen and oxygen atoms in total. The molecular weight excluding hydrogens is 366 g/mol. The summed E-state index contributed by atoms with van der Waals surface area (Å²) in [6.07, 6.45) is 4.88. The third-order valence-electron chi connectivity index (χ3n) is 4.70. The highest BCUT2D eigenvalue weighted by atomic mass is 32.2. The maximum absolute atomic E-state index is 12.9. The first-order valence-corrected chi connectivity index (χ1v) is 10.6. The Kier molecular flexibility index (Phi) is 4.58. The number of carbonyl (C=O) groups excluding carboxylic acids is 1. The number of hydrogen-bond donors (Lipinski definition) is 1. The molecule has 1 aliphatic heterocycles. The van der Waals surface area contributed by atoms with Crippen molar-refractivity contribution in [3.63, 3.8) is 0 Å². The number of carbonyl (C=O) groups is 1. The number of rotatable bonds is 3. The summed E-state index contributed by atoms with van der Waals surface area (Å²) in [6, 6.07) is 7.73. The van der Waals surface area contributed by atoms with Crippen LogP contribution in [0.3, 0.4) is 0 Å². The Hall–Kier alpha value is -2.12. The summed E-state index contributed by atoms with van der Waals surface area (Å²) < 4.78 is 1.77. The normalized spacial score (nSPS) is 13.6. The summed E-state index contributed by atoms with van der Waals surface area (Å²) >= 11 is 2.93. The van der Waals surface area contributed by atoms with Crippen molar-refractivity contribution in [3.8, 4) is 0 Å². The zero-order valence-corrected chi connectivity index (χ0v) is 16.3. The monoisotopic (exact) mass is 385 g/mol. The number of thiophene rings is 1. The predicted octanol–water partition coefficient (Wildman–Crippen LogP) is 4.08. The molecule has 3 heterocycles. The Bertz CT molecular complexity index is 1070. The second-order valence-corrected chi connectivity index (χ2v) is 8.24. The number of nitrogens with one attached hydrogen (secondary N) is 1. The average molecular weight is 386 g/mol. The highest BCUT2D eigenvalue weighted by Crippen LogP contribution is 2.29. The van der Waals surface area contributed by atoms with Crippen LogP contribution in [0.25, 0.3) is 10.2 Å². The fourth-order valence-electron chi connectivity index (χ4n) is 3.34. The van der Waals surface area contributed by atoms with Gasteiger partial charge in [0, 0.05) is 23.5 Å². The molecule has 0 saturated heterocycles. The van der Waals surface area contributed by atoms with Crippen molar-refractivity contribution in [1.29, 1.82) is 0 Å². The van der Waals surface area contributed by atoms with Crippen molar-refractivity contribution in [1.82, 2.24) is 9.55 Å². The summed E-state index contributed by atoms with van der Waals surface area (Å²) in [5.74, 6) is 0.653. The van der Waals surface area contributed by atoms with Crippen LogP contribution in [0.1, 0.15) is 33.9 Å². The predicted molar refractivity (Wildman–Crippen MR) is 108 cm³/mol. The van der Waals surface area contributed by atoms with Gasteiger partial charge in [0.15, 0.2) is 0 Å². The Morgan fingerprint density at radius 3 is 3.00 bits per heavy atom. The molecule has 0 saturated carbocycles. The lowest BCUT2D eigenvalue weighted by Crippen LogP contribution is -2.28. The Morgan fingerprint density at radius 1 is 1.35 bits per heavy atom. The molecule has 1 aromatic carbocycles. The number of anilines is 1. The van der Waals surface area contributed by atoms with Crippen LogP contribution in [0.5, 0.6) is 0 Å². The van der Waals surface area contributed by atoms with Crippen LogP contribution in [0.4, 0.5) is 5.69 Å². The number of amides is 1. The van der Waals surface area contributed by atoms with E-state index in [4.69, 9.17) is 0 Å². The van der Waals surface area contributed by atoms with E-state index in [1.807, 2.05) is 37.4 Å². The van der Waals surface area contributed by atoms with Gasteiger partial charge >= 0.3 is 0 Å². The third kappa shape index (κ3) is 2.95. The zero-order chi connectivity index (χ0) is 18.3. The fourth-order valence-corrected chi connectivity index (χ4v) is 4.88. The number of aromatic nitrogens is 2. The Balaban J connectivity index is 1.74. The van der Waals surface area contributed by atoms with Gasteiger partial charge in [-0.05, 0) is 49.8 Å². The Labute approximate surface area is 159 Å². The number of benzene rings is 1. The lowest BCUT2D eigenvalue weighted by molar-refractivity contribution is 0.103. The van der Waals surface area contributed by atoms with Crippen LogP contribution in [0.2, 0.25) is 0 Å². The molecule has 3 aromatic rings. The summed E-state index contributed by atoms with van der Waals surface area (Å²) in [6.45, 7) is 2.56. The van der Waals surface area contributed by atoms with E-state index in [0.29, 0.717) is 15.1 Å². The van der Waals surface area contributed by atoms with Crippen molar-refractivity contribution >= 4 is 44.9 Å². The third-order valence-corrected chi connectivity index (χ3v) is 6.61. The minimum absolute atomic E-state index is 0.0121. The molecule has 4 rings (SSSR count). The van der Waals surface area contributed by atoms with Crippen LogP contribution in [0, 0.1) is 6.92 Å². The summed E-state index contributed by atoms with van der Waals surface area (Å²) in [7, 11) is 0. The quantitative estimate of drug-likeness (QED) is 0.690. The Morgan fingerprint density at radius 2 is 2.19 bits per heavy atom. The molecule has 0 radical (unpaired) electrons. The first-order chi connectivity index (χ1) is 12.6. The van der Waals surface area contributed by atoms with Crippen molar-refractivity contribution in [2.24, 2.45) is 0 Å². The molecule has 1 N–H and O–H groups in total. The van der Waals surface area contributed by atoms with Crippen molar-refractivity contribution in [2.75, 3.05) is 11.6 Å². The number of hydrogen-bond acceptors (Lipinski definition) is 5. The molecule has 134 valence electrons. The molecular formula is C19H19N3O2S2. The smallest absolute Gasteiger partial charge is 0.266 e. The van der Waals surface area contributed by atoms with E-state index >= 15 is 0 Å². The molecule has 2 aromatic heterocycles. The van der Waals surface area contributed by atoms with Crippen LogP contribution >= 0.6 is 23.1 Å². The van der Waals surface area contributed by atoms with Gasteiger partial charge < -0.3 is 5.32 Å². The van der Waals surface area contributed by atoms with E-state index in [2.05, 4.69) is 10.3 Å². The number of fused-ring (bicyclic) bond motifs is 2. The summed E-state index contributed by atoms with van der Waals surface area (Å²) in [4.78, 5) is 32.6. The van der Waals surface area contributed by atoms with Gasteiger partial charge in [-0.25, -0.2) is 4.98 Å². The fraction of sp³-hybridized carbons (Fsp3) is 0.316. The minimum atomic E-state index is -0.189. The van der Waals surface area contributed by atoms with Gasteiger partial charge in [0.2, 0.25) is 0 Å². The van der Waals surface area contributed by atoms with E-state index in [-0.39, 0.29) is 11.5 Å². The second kappa shape index (κ2) is 6.89. The lowest BCUT2D eigenvalue weighted by Gasteiger charge is -2.16. The molecule has 7 heteroatoms. The number of thioether (sulfide) groups is 1. The average Bonchev–Trinajstić information content (AvgIpc) is 2.99. The van der Waals surface area contributed by atoms with Gasteiger partial charge in [-0.3, -0.25) is 14.2 Å². The van der Waals surface area contributed by atoms with Crippen molar-refractivity contribution in [2.45, 2.75) is 37.6 Å². The van der Waals surface area contributed by atoms with Crippen LogP contribution < -0.4 is 10.9 Å². The minimum Gasteiger partial charge on any atom is -0.321 e. The first kappa shape index (κ1) is 17.3. The standard InChI is InChI=1S/C19H19N3O2S2/c1-11-15-18(21-14-8-3-4-9-22(14)19(15)24)26-16(11)17(23)20-12-6-5-7-13(10-12)25-2/h5-7,10H,3-4,8-9H2,1-2H3,(H,20,23). The van der Waals surface area contributed by atoms with Crippen LogP contribution in [-0.2, 0) is 13.0 Å². The van der Waals surface area contributed by atoms with Gasteiger partial charge in [0.25, 0.3) is 11.5 Å². The van der Waals surface area contributed by atoms with Crippen LogP contribution in [-0.4, -0.2) is 21.7 Å². The molecule has 0 spiro atoms. The second-order valence-electron chi connectivity index (χ2n) is 6.36.